The van der Waals surface area contributed by atoms with Gasteiger partial charge in [-0.25, -0.2) is 4.98 Å². The highest BCUT2D eigenvalue weighted by molar-refractivity contribution is 5.26. The number of H-pyrrole nitrogens is 1. The first-order valence-corrected chi connectivity index (χ1v) is 3.90. The molecule has 0 aliphatic rings. The summed E-state index contributed by atoms with van der Waals surface area (Å²) < 4.78 is 0. The maximum atomic E-state index is 5.50. The SMILES string of the molecule is [CH2]CCc1[nH]c(N)nc1CC. The van der Waals surface area contributed by atoms with Crippen molar-refractivity contribution in [1.29, 1.82) is 0 Å². The van der Waals surface area contributed by atoms with Gasteiger partial charge in [-0.1, -0.05) is 13.8 Å². The van der Waals surface area contributed by atoms with Crippen molar-refractivity contribution in [1.82, 2.24) is 9.97 Å². The lowest BCUT2D eigenvalue weighted by atomic mass is 10.2. The number of hydrogen-bond donors (Lipinski definition) is 2. The van der Waals surface area contributed by atoms with Gasteiger partial charge in [-0.2, -0.15) is 0 Å². The molecule has 0 fully saturated rings. The zero-order valence-corrected chi connectivity index (χ0v) is 6.85. The minimum atomic E-state index is 0.519. The van der Waals surface area contributed by atoms with Crippen molar-refractivity contribution in [3.8, 4) is 0 Å². The Kier molecular flexibility index (Phi) is 2.52. The van der Waals surface area contributed by atoms with E-state index in [1.165, 1.54) is 0 Å². The summed E-state index contributed by atoms with van der Waals surface area (Å²) in [5, 5.41) is 0. The molecule has 0 spiro atoms. The van der Waals surface area contributed by atoms with Crippen molar-refractivity contribution in [2.45, 2.75) is 26.2 Å². The van der Waals surface area contributed by atoms with Gasteiger partial charge in [0.1, 0.15) is 0 Å². The molecule has 0 amide bonds. The second-order valence-electron chi connectivity index (χ2n) is 2.50. The lowest BCUT2D eigenvalue weighted by Gasteiger charge is -1.94. The van der Waals surface area contributed by atoms with E-state index in [1.807, 2.05) is 0 Å². The number of nitrogen functional groups attached to an aromatic ring is 1. The normalized spacial score (nSPS) is 10.4. The van der Waals surface area contributed by atoms with Crippen LogP contribution < -0.4 is 5.73 Å². The predicted molar refractivity (Wildman–Crippen MR) is 46.1 cm³/mol. The van der Waals surface area contributed by atoms with Crippen LogP contribution in [0.5, 0.6) is 0 Å². The molecule has 0 aromatic carbocycles. The van der Waals surface area contributed by atoms with E-state index in [-0.39, 0.29) is 0 Å². The summed E-state index contributed by atoms with van der Waals surface area (Å²) in [5.41, 5.74) is 7.71. The van der Waals surface area contributed by atoms with Crippen LogP contribution in [0.25, 0.3) is 0 Å². The highest BCUT2D eigenvalue weighted by Crippen LogP contribution is 2.09. The number of aromatic amines is 1. The topological polar surface area (TPSA) is 54.7 Å². The molecule has 1 aromatic heterocycles. The first-order valence-electron chi connectivity index (χ1n) is 3.90. The van der Waals surface area contributed by atoms with Gasteiger partial charge in [0.15, 0.2) is 5.95 Å². The Morgan fingerprint density at radius 3 is 2.91 bits per heavy atom. The Hall–Kier alpha value is -0.990. The molecule has 1 aromatic rings. The van der Waals surface area contributed by atoms with Crippen LogP contribution >= 0.6 is 0 Å². The second kappa shape index (κ2) is 3.42. The molecule has 0 bridgehead atoms. The molecule has 61 valence electrons. The van der Waals surface area contributed by atoms with Gasteiger partial charge in [0.05, 0.1) is 5.69 Å². The minimum Gasteiger partial charge on any atom is -0.369 e. The van der Waals surface area contributed by atoms with Crippen molar-refractivity contribution < 1.29 is 0 Å². The molecule has 1 radical (unpaired) electrons. The summed E-state index contributed by atoms with van der Waals surface area (Å²) in [6.07, 6.45) is 2.76. The Morgan fingerprint density at radius 2 is 2.36 bits per heavy atom. The first-order chi connectivity index (χ1) is 5.27. The van der Waals surface area contributed by atoms with E-state index < -0.39 is 0 Å². The Labute approximate surface area is 67.0 Å². The van der Waals surface area contributed by atoms with E-state index in [1.54, 1.807) is 0 Å². The molecule has 1 heterocycles. The predicted octanol–water partition coefficient (Wildman–Crippen LogP) is 1.32. The maximum absolute atomic E-state index is 5.50. The number of nitrogens with one attached hydrogen (secondary N) is 1. The summed E-state index contributed by atoms with van der Waals surface area (Å²) in [4.78, 5) is 7.17. The van der Waals surface area contributed by atoms with Crippen LogP contribution in [0.1, 0.15) is 24.7 Å². The Bertz CT molecular complexity index is 227. The second-order valence-corrected chi connectivity index (χ2v) is 2.50. The minimum absolute atomic E-state index is 0.519. The van der Waals surface area contributed by atoms with Crippen LogP contribution in [0.3, 0.4) is 0 Å². The Balaban J connectivity index is 2.83. The van der Waals surface area contributed by atoms with E-state index in [2.05, 4.69) is 23.8 Å². The van der Waals surface area contributed by atoms with Gasteiger partial charge in [0.25, 0.3) is 0 Å². The fourth-order valence-corrected chi connectivity index (χ4v) is 1.14. The van der Waals surface area contributed by atoms with Gasteiger partial charge >= 0.3 is 0 Å². The molecule has 3 N–H and O–H groups in total. The first kappa shape index (κ1) is 8.11. The van der Waals surface area contributed by atoms with Crippen LogP contribution in [0, 0.1) is 6.92 Å². The molecule has 3 heteroatoms. The summed E-state index contributed by atoms with van der Waals surface area (Å²) in [5.74, 6) is 0.519. The van der Waals surface area contributed by atoms with Gasteiger partial charge in [-0.05, 0) is 19.3 Å². The summed E-state index contributed by atoms with van der Waals surface area (Å²) in [7, 11) is 0. The van der Waals surface area contributed by atoms with E-state index in [9.17, 15) is 0 Å². The van der Waals surface area contributed by atoms with E-state index >= 15 is 0 Å². The van der Waals surface area contributed by atoms with Crippen LogP contribution in [0.15, 0.2) is 0 Å². The van der Waals surface area contributed by atoms with Crippen molar-refractivity contribution in [3.63, 3.8) is 0 Å². The number of aromatic nitrogens is 2. The molecular formula is C8H14N3. The number of imidazole rings is 1. The summed E-state index contributed by atoms with van der Waals surface area (Å²) >= 11 is 0. The third kappa shape index (κ3) is 1.73. The smallest absolute Gasteiger partial charge is 0.197 e. The molecule has 0 aliphatic carbocycles. The molecule has 0 aliphatic heterocycles. The molecule has 3 nitrogen and oxygen atoms in total. The number of aryl methyl sites for hydroxylation is 2. The third-order valence-corrected chi connectivity index (χ3v) is 1.64. The van der Waals surface area contributed by atoms with Crippen LogP contribution in [0.4, 0.5) is 5.95 Å². The molecule has 1 rings (SSSR count). The van der Waals surface area contributed by atoms with Gasteiger partial charge in [0, 0.05) is 5.69 Å². The van der Waals surface area contributed by atoms with Crippen LogP contribution in [0.2, 0.25) is 0 Å². The standard InChI is InChI=1S/C8H14N3/c1-3-5-7-6(4-2)10-8(9)11-7/h1,3-5H2,2H3,(H3,9,10,11). The maximum Gasteiger partial charge on any atom is 0.197 e. The van der Waals surface area contributed by atoms with Gasteiger partial charge < -0.3 is 10.7 Å². The quantitative estimate of drug-likeness (QED) is 0.686. The lowest BCUT2D eigenvalue weighted by molar-refractivity contribution is 0.916. The molecular weight excluding hydrogens is 138 g/mol. The molecule has 0 atom stereocenters. The third-order valence-electron chi connectivity index (χ3n) is 1.64. The number of anilines is 1. The highest BCUT2D eigenvalue weighted by atomic mass is 15.0. The van der Waals surface area contributed by atoms with Gasteiger partial charge in [-0.15, -0.1) is 0 Å². The number of rotatable bonds is 3. The van der Waals surface area contributed by atoms with Crippen molar-refractivity contribution in [3.05, 3.63) is 18.3 Å². The van der Waals surface area contributed by atoms with Crippen molar-refractivity contribution >= 4 is 5.95 Å². The summed E-state index contributed by atoms with van der Waals surface area (Å²) in [6, 6.07) is 0. The average molecular weight is 152 g/mol. The zero-order chi connectivity index (χ0) is 8.27. The average Bonchev–Trinajstić information content (AvgIpc) is 2.32. The molecule has 0 unspecified atom stereocenters. The molecule has 0 saturated heterocycles. The highest BCUT2D eigenvalue weighted by Gasteiger charge is 2.04. The summed E-state index contributed by atoms with van der Waals surface area (Å²) in [6.45, 7) is 5.85. The Morgan fingerprint density at radius 1 is 1.64 bits per heavy atom. The largest absolute Gasteiger partial charge is 0.369 e. The lowest BCUT2D eigenvalue weighted by Crippen LogP contribution is -1.90. The van der Waals surface area contributed by atoms with Crippen molar-refractivity contribution in [2.75, 3.05) is 5.73 Å². The molecule has 11 heavy (non-hydrogen) atoms. The fraction of sp³-hybridized carbons (Fsp3) is 0.500. The van der Waals surface area contributed by atoms with E-state index in [0.717, 1.165) is 30.7 Å². The zero-order valence-electron chi connectivity index (χ0n) is 6.85. The van der Waals surface area contributed by atoms with Gasteiger partial charge in [0.2, 0.25) is 0 Å². The molecule has 0 saturated carbocycles. The van der Waals surface area contributed by atoms with E-state index in [4.69, 9.17) is 5.73 Å². The van der Waals surface area contributed by atoms with Crippen LogP contribution in [-0.4, -0.2) is 9.97 Å². The number of nitrogens with zero attached hydrogens (tertiary/aromatic N) is 1. The fourth-order valence-electron chi connectivity index (χ4n) is 1.14. The number of nitrogens with two attached hydrogens (primary N) is 1. The number of hydrogen-bond acceptors (Lipinski definition) is 2. The monoisotopic (exact) mass is 152 g/mol. The van der Waals surface area contributed by atoms with Crippen molar-refractivity contribution in [2.24, 2.45) is 0 Å². The van der Waals surface area contributed by atoms with Crippen LogP contribution in [-0.2, 0) is 12.8 Å². The van der Waals surface area contributed by atoms with Gasteiger partial charge in [-0.3, -0.25) is 0 Å². The van der Waals surface area contributed by atoms with E-state index in [0.29, 0.717) is 5.95 Å².